The summed E-state index contributed by atoms with van der Waals surface area (Å²) < 4.78 is 0. The minimum Gasteiger partial charge on any atom is -0.341 e. The second-order valence-corrected chi connectivity index (χ2v) is 4.51. The number of ketones is 1. The Balaban J connectivity index is 1.99. The molecule has 0 amide bonds. The minimum absolute atomic E-state index is 0.212. The highest BCUT2D eigenvalue weighted by atomic mass is 35.5. The van der Waals surface area contributed by atoms with Crippen molar-refractivity contribution in [3.8, 4) is 0 Å². The average molecular weight is 240 g/mol. The molecule has 2 rings (SSSR count). The summed E-state index contributed by atoms with van der Waals surface area (Å²) in [7, 11) is 0. The number of carbonyl (C=O) groups excluding carboxylic acids is 1. The standard InChI is InChI=1S/C11H14ClN3O/c1-8(16)9-2-4-15(5-3-9)11-13-6-10(12)7-14-11/h6-7,9H,2-5H2,1H3. The zero-order chi connectivity index (χ0) is 11.5. The number of hydrogen-bond donors (Lipinski definition) is 0. The van der Waals surface area contributed by atoms with E-state index in [1.165, 1.54) is 0 Å². The van der Waals surface area contributed by atoms with E-state index in [1.54, 1.807) is 19.3 Å². The van der Waals surface area contributed by atoms with E-state index < -0.39 is 0 Å². The molecule has 0 aliphatic carbocycles. The van der Waals surface area contributed by atoms with Crippen molar-refractivity contribution in [2.75, 3.05) is 18.0 Å². The molecule has 4 nitrogen and oxygen atoms in total. The number of piperidine rings is 1. The smallest absolute Gasteiger partial charge is 0.225 e. The first-order valence-corrected chi connectivity index (χ1v) is 5.77. The Morgan fingerprint density at radius 2 is 1.94 bits per heavy atom. The molecule has 0 N–H and O–H groups in total. The van der Waals surface area contributed by atoms with Crippen LogP contribution in [0.2, 0.25) is 5.02 Å². The van der Waals surface area contributed by atoms with Crippen molar-refractivity contribution < 1.29 is 4.79 Å². The van der Waals surface area contributed by atoms with Gasteiger partial charge in [-0.25, -0.2) is 9.97 Å². The summed E-state index contributed by atoms with van der Waals surface area (Å²) in [6.45, 7) is 3.34. The normalized spacial score (nSPS) is 17.5. The Morgan fingerprint density at radius 3 is 2.44 bits per heavy atom. The molecule has 0 spiro atoms. The minimum atomic E-state index is 0.212. The summed E-state index contributed by atoms with van der Waals surface area (Å²) >= 11 is 5.73. The molecule has 0 atom stereocenters. The molecule has 1 aromatic rings. The lowest BCUT2D eigenvalue weighted by atomic mass is 9.94. The number of anilines is 1. The summed E-state index contributed by atoms with van der Waals surface area (Å²) in [5.74, 6) is 1.20. The van der Waals surface area contributed by atoms with E-state index in [4.69, 9.17) is 11.6 Å². The maximum atomic E-state index is 11.2. The van der Waals surface area contributed by atoms with Crippen LogP contribution in [0.5, 0.6) is 0 Å². The maximum Gasteiger partial charge on any atom is 0.225 e. The van der Waals surface area contributed by atoms with Crippen molar-refractivity contribution >= 4 is 23.3 Å². The van der Waals surface area contributed by atoms with Gasteiger partial charge in [0, 0.05) is 19.0 Å². The molecule has 0 bridgehead atoms. The van der Waals surface area contributed by atoms with E-state index >= 15 is 0 Å². The Hall–Kier alpha value is -1.16. The van der Waals surface area contributed by atoms with E-state index in [9.17, 15) is 4.79 Å². The summed E-state index contributed by atoms with van der Waals surface area (Å²) in [4.78, 5) is 21.7. The number of rotatable bonds is 2. The maximum absolute atomic E-state index is 11.2. The molecule has 2 heterocycles. The number of nitrogens with zero attached hydrogens (tertiary/aromatic N) is 3. The fraction of sp³-hybridized carbons (Fsp3) is 0.545. The van der Waals surface area contributed by atoms with E-state index in [0.29, 0.717) is 11.0 Å². The average Bonchev–Trinajstić information content (AvgIpc) is 2.30. The van der Waals surface area contributed by atoms with Crippen LogP contribution >= 0.6 is 11.6 Å². The number of aromatic nitrogens is 2. The Morgan fingerprint density at radius 1 is 1.38 bits per heavy atom. The van der Waals surface area contributed by atoms with Crippen molar-refractivity contribution in [3.63, 3.8) is 0 Å². The third-order valence-electron chi connectivity index (χ3n) is 2.96. The van der Waals surface area contributed by atoms with Crippen LogP contribution in [-0.2, 0) is 4.79 Å². The van der Waals surface area contributed by atoms with Gasteiger partial charge < -0.3 is 4.90 Å². The van der Waals surface area contributed by atoms with E-state index in [1.807, 2.05) is 0 Å². The largest absolute Gasteiger partial charge is 0.341 e. The number of halogens is 1. The summed E-state index contributed by atoms with van der Waals surface area (Å²) in [5, 5.41) is 0.544. The fourth-order valence-electron chi connectivity index (χ4n) is 1.95. The van der Waals surface area contributed by atoms with Gasteiger partial charge in [-0.1, -0.05) is 11.6 Å². The van der Waals surface area contributed by atoms with Crippen LogP contribution in [0.15, 0.2) is 12.4 Å². The van der Waals surface area contributed by atoms with Gasteiger partial charge in [-0.3, -0.25) is 4.79 Å². The lowest BCUT2D eigenvalue weighted by Gasteiger charge is -2.30. The molecule has 0 saturated carbocycles. The van der Waals surface area contributed by atoms with Gasteiger partial charge in [-0.2, -0.15) is 0 Å². The monoisotopic (exact) mass is 239 g/mol. The third kappa shape index (κ3) is 2.50. The lowest BCUT2D eigenvalue weighted by Crippen LogP contribution is -2.36. The van der Waals surface area contributed by atoms with Crippen molar-refractivity contribution in [3.05, 3.63) is 17.4 Å². The molecule has 5 heteroatoms. The quantitative estimate of drug-likeness (QED) is 0.791. The van der Waals surface area contributed by atoms with Crippen LogP contribution in [0.3, 0.4) is 0 Å². The fourth-order valence-corrected chi connectivity index (χ4v) is 2.05. The molecule has 0 radical (unpaired) electrons. The Kier molecular flexibility index (Phi) is 3.39. The van der Waals surface area contributed by atoms with E-state index in [-0.39, 0.29) is 11.7 Å². The first-order valence-electron chi connectivity index (χ1n) is 5.40. The van der Waals surface area contributed by atoms with Gasteiger partial charge in [-0.05, 0) is 19.8 Å². The molecule has 1 aliphatic heterocycles. The van der Waals surface area contributed by atoms with Gasteiger partial charge in [0.15, 0.2) is 0 Å². The van der Waals surface area contributed by atoms with Crippen molar-refractivity contribution in [1.82, 2.24) is 9.97 Å². The molecule has 1 saturated heterocycles. The van der Waals surface area contributed by atoms with Crippen molar-refractivity contribution in [2.45, 2.75) is 19.8 Å². The molecule has 1 fully saturated rings. The highest BCUT2D eigenvalue weighted by molar-refractivity contribution is 6.30. The third-order valence-corrected chi connectivity index (χ3v) is 3.15. The van der Waals surface area contributed by atoms with Crippen LogP contribution in [0.25, 0.3) is 0 Å². The van der Waals surface area contributed by atoms with Crippen molar-refractivity contribution in [2.24, 2.45) is 5.92 Å². The van der Waals surface area contributed by atoms with E-state index in [2.05, 4.69) is 14.9 Å². The SMILES string of the molecule is CC(=O)C1CCN(c2ncc(Cl)cn2)CC1. The summed E-state index contributed by atoms with van der Waals surface area (Å²) in [6.07, 6.45) is 4.98. The van der Waals surface area contributed by atoms with Gasteiger partial charge in [0.05, 0.1) is 17.4 Å². The molecule has 1 aromatic heterocycles. The molecule has 0 unspecified atom stereocenters. The van der Waals surface area contributed by atoms with Gasteiger partial charge in [0.1, 0.15) is 5.78 Å². The number of hydrogen-bond acceptors (Lipinski definition) is 4. The topological polar surface area (TPSA) is 46.1 Å². The highest BCUT2D eigenvalue weighted by Gasteiger charge is 2.23. The predicted molar refractivity (Wildman–Crippen MR) is 62.7 cm³/mol. The number of Topliss-reactive ketones (excluding diaryl/α,β-unsaturated/α-hetero) is 1. The Bertz CT molecular complexity index is 371. The second-order valence-electron chi connectivity index (χ2n) is 4.07. The Labute approximate surface area is 99.6 Å². The van der Waals surface area contributed by atoms with Gasteiger partial charge >= 0.3 is 0 Å². The summed E-state index contributed by atoms with van der Waals surface area (Å²) in [6, 6.07) is 0. The number of carbonyl (C=O) groups is 1. The second kappa shape index (κ2) is 4.78. The van der Waals surface area contributed by atoms with Crippen molar-refractivity contribution in [1.29, 1.82) is 0 Å². The predicted octanol–water partition coefficient (Wildman–Crippen LogP) is 1.94. The zero-order valence-corrected chi connectivity index (χ0v) is 9.94. The van der Waals surface area contributed by atoms with Crippen LogP contribution in [0.4, 0.5) is 5.95 Å². The van der Waals surface area contributed by atoms with Gasteiger partial charge in [-0.15, -0.1) is 0 Å². The van der Waals surface area contributed by atoms with Gasteiger partial charge in [0.2, 0.25) is 5.95 Å². The van der Waals surface area contributed by atoms with Gasteiger partial charge in [0.25, 0.3) is 0 Å². The lowest BCUT2D eigenvalue weighted by molar-refractivity contribution is -0.121. The molecule has 86 valence electrons. The molecule has 0 aromatic carbocycles. The first-order chi connectivity index (χ1) is 7.66. The summed E-state index contributed by atoms with van der Waals surface area (Å²) in [5.41, 5.74) is 0. The van der Waals surface area contributed by atoms with Crippen LogP contribution < -0.4 is 4.90 Å². The molecular formula is C11H14ClN3O. The zero-order valence-electron chi connectivity index (χ0n) is 9.19. The molecular weight excluding hydrogens is 226 g/mol. The highest BCUT2D eigenvalue weighted by Crippen LogP contribution is 2.21. The van der Waals surface area contributed by atoms with Crippen LogP contribution in [-0.4, -0.2) is 28.8 Å². The molecule has 1 aliphatic rings. The van der Waals surface area contributed by atoms with E-state index in [0.717, 1.165) is 25.9 Å². The van der Waals surface area contributed by atoms with Crippen LogP contribution in [0.1, 0.15) is 19.8 Å². The van der Waals surface area contributed by atoms with Crippen LogP contribution in [0, 0.1) is 5.92 Å². The first kappa shape index (κ1) is 11.3. The molecule has 16 heavy (non-hydrogen) atoms.